The van der Waals surface area contributed by atoms with Gasteiger partial charge in [0.2, 0.25) is 10.0 Å². The van der Waals surface area contributed by atoms with Gasteiger partial charge in [-0.3, -0.25) is 0 Å². The van der Waals surface area contributed by atoms with Gasteiger partial charge in [-0.1, -0.05) is 66.2 Å². The average molecular weight is 407 g/mol. The Morgan fingerprint density at radius 2 is 1.45 bits per heavy atom. The van der Waals surface area contributed by atoms with Crippen molar-refractivity contribution in [3.8, 4) is 0 Å². The van der Waals surface area contributed by atoms with Gasteiger partial charge in [0.15, 0.2) is 0 Å². The highest BCUT2D eigenvalue weighted by Crippen LogP contribution is 2.26. The summed E-state index contributed by atoms with van der Waals surface area (Å²) in [4.78, 5) is 2.71. The Bertz CT molecular complexity index is 1040. The minimum Gasteiger partial charge on any atom is -0.366 e. The third-order valence-corrected chi connectivity index (χ3v) is 7.39. The van der Waals surface area contributed by atoms with E-state index in [0.29, 0.717) is 24.5 Å². The normalized spacial score (nSPS) is 18.0. The Balaban J connectivity index is 1.62. The van der Waals surface area contributed by atoms with E-state index in [0.717, 1.165) is 17.7 Å². The molecule has 1 aliphatic heterocycles. The summed E-state index contributed by atoms with van der Waals surface area (Å²) in [6.45, 7) is 3.59. The number of rotatable bonds is 5. The fourth-order valence-electron chi connectivity index (χ4n) is 3.92. The van der Waals surface area contributed by atoms with E-state index < -0.39 is 10.0 Å². The van der Waals surface area contributed by atoms with Crippen LogP contribution in [0.5, 0.6) is 0 Å². The van der Waals surface area contributed by atoms with Gasteiger partial charge in [0.1, 0.15) is 0 Å². The lowest BCUT2D eigenvalue weighted by molar-refractivity contribution is 0.330. The number of para-hydroxylation sites is 1. The molecular formula is C24H26N2O2S. The van der Waals surface area contributed by atoms with E-state index in [4.69, 9.17) is 0 Å². The maximum Gasteiger partial charge on any atom is 0.243 e. The predicted octanol–water partition coefficient (Wildman–Crippen LogP) is 4.12. The zero-order valence-electron chi connectivity index (χ0n) is 16.6. The topological polar surface area (TPSA) is 40.6 Å². The first-order valence-electron chi connectivity index (χ1n) is 9.96. The van der Waals surface area contributed by atoms with Crippen LogP contribution in [0.3, 0.4) is 0 Å². The molecule has 3 aromatic rings. The highest BCUT2D eigenvalue weighted by Gasteiger charge is 2.34. The maximum absolute atomic E-state index is 13.2. The van der Waals surface area contributed by atoms with Crippen molar-refractivity contribution in [1.82, 2.24) is 4.31 Å². The molecular weight excluding hydrogens is 380 g/mol. The van der Waals surface area contributed by atoms with E-state index in [1.54, 1.807) is 16.4 Å². The largest absolute Gasteiger partial charge is 0.366 e. The molecule has 1 saturated heterocycles. The number of nitrogens with zero attached hydrogens (tertiary/aromatic N) is 2. The first kappa shape index (κ1) is 19.7. The van der Waals surface area contributed by atoms with Crippen LogP contribution in [-0.2, 0) is 16.4 Å². The first-order valence-corrected chi connectivity index (χ1v) is 11.4. The number of piperazine rings is 1. The van der Waals surface area contributed by atoms with Crippen LogP contribution in [0.4, 0.5) is 5.69 Å². The van der Waals surface area contributed by atoms with E-state index in [9.17, 15) is 8.42 Å². The van der Waals surface area contributed by atoms with Crippen LogP contribution in [0, 0.1) is 6.92 Å². The third kappa shape index (κ3) is 4.36. The van der Waals surface area contributed by atoms with Crippen LogP contribution in [0.25, 0.3) is 0 Å². The molecule has 0 spiro atoms. The third-order valence-electron chi connectivity index (χ3n) is 5.51. The molecule has 1 fully saturated rings. The molecule has 0 radical (unpaired) electrons. The zero-order valence-corrected chi connectivity index (χ0v) is 17.4. The van der Waals surface area contributed by atoms with Crippen LogP contribution in [0.15, 0.2) is 89.8 Å². The molecule has 1 atom stereocenters. The Morgan fingerprint density at radius 3 is 2.10 bits per heavy atom. The van der Waals surface area contributed by atoms with Crippen molar-refractivity contribution in [1.29, 1.82) is 0 Å². The summed E-state index contributed by atoms with van der Waals surface area (Å²) < 4.78 is 28.1. The lowest BCUT2D eigenvalue weighted by atomic mass is 10.0. The highest BCUT2D eigenvalue weighted by atomic mass is 32.2. The maximum atomic E-state index is 13.2. The summed E-state index contributed by atoms with van der Waals surface area (Å²) in [5.74, 6) is 0. The van der Waals surface area contributed by atoms with Gasteiger partial charge in [0.25, 0.3) is 0 Å². The SMILES string of the molecule is Cc1ccc(S(=O)(=O)N2CCN(c3ccccc3)[C@@H](Cc3ccccc3)C2)cc1. The van der Waals surface area contributed by atoms with E-state index >= 15 is 0 Å². The summed E-state index contributed by atoms with van der Waals surface area (Å²) in [7, 11) is -3.50. The second-order valence-electron chi connectivity index (χ2n) is 7.55. The van der Waals surface area contributed by atoms with Gasteiger partial charge in [0.05, 0.1) is 4.90 Å². The second-order valence-corrected chi connectivity index (χ2v) is 9.49. The van der Waals surface area contributed by atoms with E-state index in [-0.39, 0.29) is 6.04 Å². The predicted molar refractivity (Wildman–Crippen MR) is 118 cm³/mol. The average Bonchev–Trinajstić information content (AvgIpc) is 2.75. The minimum atomic E-state index is -3.50. The Morgan fingerprint density at radius 1 is 0.828 bits per heavy atom. The summed E-state index contributed by atoms with van der Waals surface area (Å²) in [6.07, 6.45) is 0.801. The number of hydrogen-bond acceptors (Lipinski definition) is 3. The number of benzene rings is 3. The van der Waals surface area contributed by atoms with Crippen LogP contribution >= 0.6 is 0 Å². The number of aryl methyl sites for hydroxylation is 1. The van der Waals surface area contributed by atoms with Gasteiger partial charge in [-0.2, -0.15) is 4.31 Å². The molecule has 0 unspecified atom stereocenters. The van der Waals surface area contributed by atoms with Crippen molar-refractivity contribution in [2.24, 2.45) is 0 Å². The summed E-state index contributed by atoms with van der Waals surface area (Å²) in [5, 5.41) is 0. The monoisotopic (exact) mass is 406 g/mol. The van der Waals surface area contributed by atoms with Gasteiger partial charge < -0.3 is 4.90 Å². The molecule has 5 heteroatoms. The van der Waals surface area contributed by atoms with Gasteiger partial charge in [-0.15, -0.1) is 0 Å². The molecule has 0 amide bonds. The molecule has 0 saturated carbocycles. The smallest absolute Gasteiger partial charge is 0.243 e. The molecule has 0 aliphatic carbocycles. The van der Waals surface area contributed by atoms with Crippen LogP contribution < -0.4 is 4.90 Å². The Labute approximate surface area is 173 Å². The zero-order chi connectivity index (χ0) is 20.3. The van der Waals surface area contributed by atoms with Crippen molar-refractivity contribution in [2.45, 2.75) is 24.3 Å². The molecule has 1 aliphatic rings. The summed E-state index contributed by atoms with van der Waals surface area (Å²) >= 11 is 0. The van der Waals surface area contributed by atoms with Crippen molar-refractivity contribution in [3.63, 3.8) is 0 Å². The van der Waals surface area contributed by atoms with E-state index in [1.807, 2.05) is 55.5 Å². The fraction of sp³-hybridized carbons (Fsp3) is 0.250. The van der Waals surface area contributed by atoms with E-state index in [1.165, 1.54) is 5.56 Å². The molecule has 0 aromatic heterocycles. The van der Waals surface area contributed by atoms with E-state index in [2.05, 4.69) is 29.2 Å². The van der Waals surface area contributed by atoms with Gasteiger partial charge in [-0.25, -0.2) is 8.42 Å². The second kappa shape index (κ2) is 8.39. The lowest BCUT2D eigenvalue weighted by Crippen LogP contribution is -2.55. The molecule has 0 N–H and O–H groups in total. The van der Waals surface area contributed by atoms with Crippen LogP contribution in [0.2, 0.25) is 0 Å². The van der Waals surface area contributed by atoms with Gasteiger partial charge in [0, 0.05) is 31.4 Å². The van der Waals surface area contributed by atoms with Crippen molar-refractivity contribution < 1.29 is 8.42 Å². The molecule has 4 rings (SSSR count). The first-order chi connectivity index (χ1) is 14.0. The lowest BCUT2D eigenvalue weighted by Gasteiger charge is -2.42. The number of hydrogen-bond donors (Lipinski definition) is 0. The summed E-state index contributed by atoms with van der Waals surface area (Å²) in [5.41, 5.74) is 3.41. The molecule has 4 nitrogen and oxygen atoms in total. The highest BCUT2D eigenvalue weighted by molar-refractivity contribution is 7.89. The standard InChI is InChI=1S/C24H26N2O2S/c1-20-12-14-24(15-13-20)29(27,28)25-16-17-26(22-10-6-3-7-11-22)23(19-25)18-21-8-4-2-5-9-21/h2-15,23H,16-19H2,1H3/t23-/m0/s1. The van der Waals surface area contributed by atoms with Gasteiger partial charge in [-0.05, 0) is 43.2 Å². The van der Waals surface area contributed by atoms with Crippen LogP contribution in [-0.4, -0.2) is 38.4 Å². The fourth-order valence-corrected chi connectivity index (χ4v) is 5.39. The quantitative estimate of drug-likeness (QED) is 0.640. The molecule has 3 aromatic carbocycles. The van der Waals surface area contributed by atoms with Crippen molar-refractivity contribution >= 4 is 15.7 Å². The summed E-state index contributed by atoms with van der Waals surface area (Å²) in [6, 6.07) is 27.8. The molecule has 29 heavy (non-hydrogen) atoms. The van der Waals surface area contributed by atoms with Crippen LogP contribution in [0.1, 0.15) is 11.1 Å². The molecule has 0 bridgehead atoms. The molecule has 1 heterocycles. The van der Waals surface area contributed by atoms with Crippen molar-refractivity contribution in [2.75, 3.05) is 24.5 Å². The van der Waals surface area contributed by atoms with Gasteiger partial charge >= 0.3 is 0 Å². The number of anilines is 1. The Kier molecular flexibility index (Phi) is 5.69. The Hall–Kier alpha value is -2.63. The minimum absolute atomic E-state index is 0.0776. The number of sulfonamides is 1. The molecule has 150 valence electrons. The van der Waals surface area contributed by atoms with Crippen molar-refractivity contribution in [3.05, 3.63) is 96.1 Å².